The van der Waals surface area contributed by atoms with Gasteiger partial charge in [0.15, 0.2) is 0 Å². The Morgan fingerprint density at radius 2 is 1.82 bits per heavy atom. The number of anilines is 2. The highest BCUT2D eigenvalue weighted by Gasteiger charge is 2.34. The van der Waals surface area contributed by atoms with E-state index in [2.05, 4.69) is 5.32 Å². The monoisotopic (exact) mass is 438 g/mol. The van der Waals surface area contributed by atoms with E-state index in [1.807, 2.05) is 0 Å². The first-order valence-corrected chi connectivity index (χ1v) is 9.96. The molecule has 11 heteroatoms. The molecule has 0 heterocycles. The predicted molar refractivity (Wildman–Crippen MR) is 98.3 cm³/mol. The zero-order valence-corrected chi connectivity index (χ0v) is 16.2. The van der Waals surface area contributed by atoms with E-state index < -0.39 is 44.6 Å². The molecule has 1 unspecified atom stereocenters. The van der Waals surface area contributed by atoms with E-state index in [1.165, 1.54) is 19.1 Å². The van der Waals surface area contributed by atoms with Crippen molar-refractivity contribution in [2.75, 3.05) is 15.9 Å². The normalized spacial score (nSPS) is 13.1. The van der Waals surface area contributed by atoms with Crippen molar-refractivity contribution in [3.63, 3.8) is 0 Å². The Bertz CT molecular complexity index is 996. The Kier molecular flexibility index (Phi) is 6.24. The number of nitrogens with zero attached hydrogens (tertiary/aromatic N) is 1. The molecule has 5 nitrogen and oxygen atoms in total. The SMILES string of the molecule is CC(C(=O)Nc1ccc(Cl)c(C(F)(F)F)c1)N(c1cccc(F)c1)S(C)(=O)=O. The number of benzene rings is 2. The first-order valence-electron chi connectivity index (χ1n) is 7.73. The molecule has 0 aromatic heterocycles. The standard InChI is InChI=1S/C17H15ClF4N2O3S/c1-10(24(28(2,26)27)13-5-3-4-11(19)8-13)16(25)23-12-6-7-15(18)14(9-12)17(20,21)22/h3-10H,1-2H3,(H,23,25). The third-order valence-corrected chi connectivity index (χ3v) is 5.26. The van der Waals surface area contributed by atoms with Gasteiger partial charge in [0.2, 0.25) is 15.9 Å². The molecule has 1 atom stereocenters. The molecule has 0 radical (unpaired) electrons. The second-order valence-corrected chi connectivity index (χ2v) is 8.16. The Labute approximate surface area is 164 Å². The third kappa shape index (κ3) is 5.14. The van der Waals surface area contributed by atoms with Crippen LogP contribution in [0.1, 0.15) is 12.5 Å². The first-order chi connectivity index (χ1) is 12.8. The van der Waals surface area contributed by atoms with Gasteiger partial charge in [-0.15, -0.1) is 0 Å². The van der Waals surface area contributed by atoms with Gasteiger partial charge >= 0.3 is 6.18 Å². The van der Waals surface area contributed by atoms with Crippen molar-refractivity contribution in [3.05, 3.63) is 58.9 Å². The fourth-order valence-corrected chi connectivity index (χ4v) is 3.88. The summed E-state index contributed by atoms with van der Waals surface area (Å²) in [7, 11) is -4.00. The molecule has 2 rings (SSSR count). The van der Waals surface area contributed by atoms with Gasteiger partial charge in [-0.1, -0.05) is 17.7 Å². The van der Waals surface area contributed by atoms with E-state index in [9.17, 15) is 30.8 Å². The lowest BCUT2D eigenvalue weighted by molar-refractivity contribution is -0.137. The average molecular weight is 439 g/mol. The number of amides is 1. The summed E-state index contributed by atoms with van der Waals surface area (Å²) in [6, 6.07) is 5.96. The van der Waals surface area contributed by atoms with Crippen molar-refractivity contribution in [1.29, 1.82) is 0 Å². The maximum atomic E-state index is 13.5. The summed E-state index contributed by atoms with van der Waals surface area (Å²) >= 11 is 5.53. The number of carbonyl (C=O) groups excluding carboxylic acids is 1. The molecule has 0 bridgehead atoms. The van der Waals surface area contributed by atoms with Gasteiger partial charge in [-0.3, -0.25) is 9.10 Å². The summed E-state index contributed by atoms with van der Waals surface area (Å²) in [5, 5.41) is 1.68. The summed E-state index contributed by atoms with van der Waals surface area (Å²) in [5.41, 5.74) is -1.47. The lowest BCUT2D eigenvalue weighted by Crippen LogP contribution is -2.45. The minimum Gasteiger partial charge on any atom is -0.324 e. The van der Waals surface area contributed by atoms with E-state index in [1.54, 1.807) is 0 Å². The van der Waals surface area contributed by atoms with Gasteiger partial charge in [-0.25, -0.2) is 12.8 Å². The number of alkyl halides is 3. The van der Waals surface area contributed by atoms with E-state index in [-0.39, 0.29) is 11.4 Å². The van der Waals surface area contributed by atoms with Crippen LogP contribution in [0.15, 0.2) is 42.5 Å². The van der Waals surface area contributed by atoms with Crippen LogP contribution in [0.4, 0.5) is 28.9 Å². The summed E-state index contributed by atoms with van der Waals surface area (Å²) in [6.07, 6.45) is -3.91. The maximum absolute atomic E-state index is 13.5. The zero-order chi connectivity index (χ0) is 21.3. The number of hydrogen-bond donors (Lipinski definition) is 1. The summed E-state index contributed by atoms with van der Waals surface area (Å²) < 4.78 is 77.3. The first kappa shape index (κ1) is 22.0. The molecule has 0 fully saturated rings. The van der Waals surface area contributed by atoms with Crippen molar-refractivity contribution in [2.24, 2.45) is 0 Å². The lowest BCUT2D eigenvalue weighted by atomic mass is 10.2. The molecule has 0 aliphatic heterocycles. The van der Waals surface area contributed by atoms with E-state index in [4.69, 9.17) is 11.6 Å². The van der Waals surface area contributed by atoms with Gasteiger partial charge < -0.3 is 5.32 Å². The summed E-state index contributed by atoms with van der Waals surface area (Å²) in [4.78, 5) is 12.5. The molecule has 2 aromatic rings. The van der Waals surface area contributed by atoms with Gasteiger partial charge in [-0.05, 0) is 43.3 Å². The van der Waals surface area contributed by atoms with Crippen molar-refractivity contribution in [3.8, 4) is 0 Å². The molecule has 0 spiro atoms. The lowest BCUT2D eigenvalue weighted by Gasteiger charge is -2.28. The Morgan fingerprint density at radius 3 is 2.36 bits per heavy atom. The quantitative estimate of drug-likeness (QED) is 0.708. The number of nitrogens with one attached hydrogen (secondary N) is 1. The van der Waals surface area contributed by atoms with Gasteiger partial charge in [0.25, 0.3) is 0 Å². The number of rotatable bonds is 5. The number of hydrogen-bond acceptors (Lipinski definition) is 3. The molecule has 0 aliphatic rings. The highest BCUT2D eigenvalue weighted by atomic mass is 35.5. The maximum Gasteiger partial charge on any atom is 0.417 e. The van der Waals surface area contributed by atoms with Crippen LogP contribution in [0.5, 0.6) is 0 Å². The highest BCUT2D eigenvalue weighted by Crippen LogP contribution is 2.36. The average Bonchev–Trinajstić information content (AvgIpc) is 2.54. The van der Waals surface area contributed by atoms with Crippen LogP contribution < -0.4 is 9.62 Å². The fourth-order valence-electron chi connectivity index (χ4n) is 2.49. The Morgan fingerprint density at radius 1 is 1.18 bits per heavy atom. The molecule has 152 valence electrons. The smallest absolute Gasteiger partial charge is 0.324 e. The van der Waals surface area contributed by atoms with Gasteiger partial charge in [0, 0.05) is 5.69 Å². The third-order valence-electron chi connectivity index (χ3n) is 3.69. The van der Waals surface area contributed by atoms with Gasteiger partial charge in [-0.2, -0.15) is 13.2 Å². The van der Waals surface area contributed by atoms with Crippen molar-refractivity contribution < 1.29 is 30.8 Å². The topological polar surface area (TPSA) is 66.5 Å². The molecule has 1 N–H and O–H groups in total. The van der Waals surface area contributed by atoms with Crippen LogP contribution >= 0.6 is 11.6 Å². The molecule has 0 saturated carbocycles. The van der Waals surface area contributed by atoms with E-state index in [0.717, 1.165) is 30.5 Å². The van der Waals surface area contributed by atoms with Crippen LogP contribution in [0.3, 0.4) is 0 Å². The molecule has 2 aromatic carbocycles. The minimum absolute atomic E-state index is 0.0998. The predicted octanol–water partition coefficient (Wildman–Crippen LogP) is 4.29. The second-order valence-electron chi connectivity index (χ2n) is 5.90. The van der Waals surface area contributed by atoms with E-state index >= 15 is 0 Å². The van der Waals surface area contributed by atoms with Crippen LogP contribution in [-0.2, 0) is 21.0 Å². The van der Waals surface area contributed by atoms with Crippen molar-refractivity contribution in [2.45, 2.75) is 19.1 Å². The summed E-state index contributed by atoms with van der Waals surface area (Å²) in [6.45, 7) is 1.22. The number of sulfonamides is 1. The molecule has 0 saturated heterocycles. The zero-order valence-electron chi connectivity index (χ0n) is 14.6. The highest BCUT2D eigenvalue weighted by molar-refractivity contribution is 7.92. The van der Waals surface area contributed by atoms with Crippen LogP contribution in [-0.4, -0.2) is 26.6 Å². The van der Waals surface area contributed by atoms with Gasteiger partial charge in [0.05, 0.1) is 22.5 Å². The fraction of sp³-hybridized carbons (Fsp3) is 0.235. The van der Waals surface area contributed by atoms with Crippen LogP contribution in [0, 0.1) is 5.82 Å². The molecular weight excluding hydrogens is 424 g/mol. The second kappa shape index (κ2) is 7.96. The van der Waals surface area contributed by atoms with E-state index in [0.29, 0.717) is 10.4 Å². The molecular formula is C17H15ClF4N2O3S. The Hall–Kier alpha value is -2.33. The summed E-state index contributed by atoms with van der Waals surface area (Å²) in [5.74, 6) is -1.63. The molecule has 1 amide bonds. The molecule has 0 aliphatic carbocycles. The number of carbonyl (C=O) groups is 1. The number of halogens is 5. The van der Waals surface area contributed by atoms with Gasteiger partial charge in [0.1, 0.15) is 11.9 Å². The van der Waals surface area contributed by atoms with Crippen LogP contribution in [0.25, 0.3) is 0 Å². The minimum atomic E-state index is -4.73. The largest absolute Gasteiger partial charge is 0.417 e. The van der Waals surface area contributed by atoms with Crippen LogP contribution in [0.2, 0.25) is 5.02 Å². The van der Waals surface area contributed by atoms with Crippen molar-refractivity contribution in [1.82, 2.24) is 0 Å². The van der Waals surface area contributed by atoms with Crippen molar-refractivity contribution >= 4 is 38.9 Å². The molecule has 28 heavy (non-hydrogen) atoms. The Balaban J connectivity index is 2.34.